The van der Waals surface area contributed by atoms with Crippen LogP contribution in [-0.2, 0) is 10.0 Å². The van der Waals surface area contributed by atoms with E-state index in [4.69, 9.17) is 14.7 Å². The number of aromatic nitrogens is 4. The number of rotatable bonds is 6. The van der Waals surface area contributed by atoms with Crippen LogP contribution in [0.25, 0.3) is 44.5 Å². The average Bonchev–Trinajstić information content (AvgIpc) is 3.57. The monoisotopic (exact) mass is 608 g/mol. The molecule has 0 bridgehead atoms. The van der Waals surface area contributed by atoms with Crippen LogP contribution in [0.3, 0.4) is 0 Å². The smallest absolute Gasteiger partial charge is 0.268 e. The van der Waals surface area contributed by atoms with Crippen LogP contribution in [0, 0.1) is 6.92 Å². The molecule has 3 aromatic carbocycles. The second-order valence-corrected chi connectivity index (χ2v) is 19.4. The molecule has 0 aliphatic rings. The van der Waals surface area contributed by atoms with Crippen molar-refractivity contribution in [2.75, 3.05) is 7.11 Å². The van der Waals surface area contributed by atoms with Gasteiger partial charge in [0.25, 0.3) is 10.0 Å². The fourth-order valence-electron chi connectivity index (χ4n) is 5.46. The van der Waals surface area contributed by atoms with Gasteiger partial charge in [-0.25, -0.2) is 22.4 Å². The fourth-order valence-corrected chi connectivity index (χ4v) is 9.09. The van der Waals surface area contributed by atoms with Crippen molar-refractivity contribution in [3.05, 3.63) is 96.8 Å². The molecule has 0 radical (unpaired) electrons. The van der Waals surface area contributed by atoms with E-state index in [0.717, 1.165) is 22.0 Å². The molecule has 7 nitrogen and oxygen atoms in total. The van der Waals surface area contributed by atoms with Crippen LogP contribution in [0.5, 0.6) is 5.88 Å². The second-order valence-electron chi connectivity index (χ2n) is 12.5. The summed E-state index contributed by atoms with van der Waals surface area (Å²) >= 11 is 0. The Kier molecular flexibility index (Phi) is 6.86. The lowest BCUT2D eigenvalue weighted by molar-refractivity contribution is 0.398. The van der Waals surface area contributed by atoms with E-state index in [1.807, 2.05) is 25.1 Å². The summed E-state index contributed by atoms with van der Waals surface area (Å²) in [5.41, 5.74) is 5.54. The minimum atomic E-state index is -3.86. The summed E-state index contributed by atoms with van der Waals surface area (Å²) in [6.45, 7) is 13.6. The predicted octanol–water partition coefficient (Wildman–Crippen LogP) is 8.13. The molecular formula is C34H36N4O3SSi. The Morgan fingerprint density at radius 2 is 1.53 bits per heavy atom. The van der Waals surface area contributed by atoms with Crippen molar-refractivity contribution < 1.29 is 13.2 Å². The van der Waals surface area contributed by atoms with Crippen LogP contribution in [0.1, 0.15) is 26.3 Å². The van der Waals surface area contributed by atoms with Crippen molar-refractivity contribution in [3.8, 4) is 28.5 Å². The third kappa shape index (κ3) is 4.67. The molecule has 0 saturated carbocycles. The summed E-state index contributed by atoms with van der Waals surface area (Å²) in [6.07, 6.45) is 3.40. The van der Waals surface area contributed by atoms with Gasteiger partial charge in [0.2, 0.25) is 5.88 Å². The van der Waals surface area contributed by atoms with Crippen LogP contribution in [0.15, 0.2) is 96.2 Å². The summed E-state index contributed by atoms with van der Waals surface area (Å²) in [5, 5.41) is 1.97. The summed E-state index contributed by atoms with van der Waals surface area (Å²) in [6, 6.07) is 24.9. The molecule has 0 atom stereocenters. The number of hydrogen-bond donors (Lipinski definition) is 0. The first-order valence-electron chi connectivity index (χ1n) is 14.3. The molecule has 3 heterocycles. The molecule has 0 fully saturated rings. The van der Waals surface area contributed by atoms with Crippen molar-refractivity contribution >= 4 is 40.1 Å². The highest BCUT2D eigenvalue weighted by Gasteiger charge is 2.40. The Balaban J connectivity index is 1.54. The first-order chi connectivity index (χ1) is 20.3. The normalized spacial score (nSPS) is 12.7. The Morgan fingerprint density at radius 1 is 0.884 bits per heavy atom. The van der Waals surface area contributed by atoms with E-state index in [1.165, 1.54) is 9.49 Å². The minimum absolute atomic E-state index is 0.0752. The summed E-state index contributed by atoms with van der Waals surface area (Å²) in [5.74, 6) is 0.333. The summed E-state index contributed by atoms with van der Waals surface area (Å²) in [4.78, 5) is 10.1. The Morgan fingerprint density at radius 3 is 2.21 bits per heavy atom. The van der Waals surface area contributed by atoms with Gasteiger partial charge in [-0.2, -0.15) is 0 Å². The van der Waals surface area contributed by atoms with Crippen LogP contribution in [-0.4, -0.2) is 41.9 Å². The molecule has 6 aromatic rings. The highest BCUT2D eigenvalue weighted by atomic mass is 32.2. The van der Waals surface area contributed by atoms with E-state index in [9.17, 15) is 8.42 Å². The van der Waals surface area contributed by atoms with E-state index >= 15 is 0 Å². The zero-order valence-corrected chi connectivity index (χ0v) is 27.4. The lowest BCUT2D eigenvalue weighted by Crippen LogP contribution is -2.45. The van der Waals surface area contributed by atoms with E-state index in [0.29, 0.717) is 28.3 Å². The van der Waals surface area contributed by atoms with Crippen LogP contribution >= 0.6 is 0 Å². The first kappa shape index (κ1) is 28.9. The summed E-state index contributed by atoms with van der Waals surface area (Å²) < 4.78 is 37.2. The number of nitrogens with zero attached hydrogens (tertiary/aromatic N) is 4. The molecular weight excluding hydrogens is 573 g/mol. The maximum absolute atomic E-state index is 13.8. The molecule has 0 aliphatic carbocycles. The van der Waals surface area contributed by atoms with E-state index in [-0.39, 0.29) is 9.93 Å². The molecule has 0 aliphatic heterocycles. The SMILES string of the molecule is COc1nc(-c2cc3ccccc3n2[Si](C)(C)C(C)(C)C)cnc1-c1cn(S(=O)(=O)c2ccc(C)cc2)c2ccccc12. The topological polar surface area (TPSA) is 79.0 Å². The Labute approximate surface area is 253 Å². The van der Waals surface area contributed by atoms with Crippen molar-refractivity contribution in [3.63, 3.8) is 0 Å². The maximum atomic E-state index is 13.8. The molecule has 220 valence electrons. The van der Waals surface area contributed by atoms with Crippen molar-refractivity contribution in [1.29, 1.82) is 0 Å². The minimum Gasteiger partial charge on any atom is -0.479 e. The van der Waals surface area contributed by atoms with Gasteiger partial charge >= 0.3 is 0 Å². The quantitative estimate of drug-likeness (QED) is 0.178. The number of ether oxygens (including phenoxy) is 1. The van der Waals surface area contributed by atoms with Crippen molar-refractivity contribution in [2.24, 2.45) is 0 Å². The number of hydrogen-bond acceptors (Lipinski definition) is 5. The molecule has 9 heteroatoms. The van der Waals surface area contributed by atoms with Gasteiger partial charge < -0.3 is 8.97 Å². The van der Waals surface area contributed by atoms with E-state index in [1.54, 1.807) is 49.8 Å². The lowest BCUT2D eigenvalue weighted by atomic mass is 10.1. The highest BCUT2D eigenvalue weighted by Crippen LogP contribution is 2.43. The number of fused-ring (bicyclic) bond motifs is 2. The molecule has 0 N–H and O–H groups in total. The highest BCUT2D eigenvalue weighted by molar-refractivity contribution is 7.90. The molecule has 43 heavy (non-hydrogen) atoms. The second kappa shape index (κ2) is 10.2. The van der Waals surface area contributed by atoms with Gasteiger partial charge in [0.05, 0.1) is 29.4 Å². The largest absolute Gasteiger partial charge is 0.479 e. The number of para-hydroxylation sites is 2. The van der Waals surface area contributed by atoms with Gasteiger partial charge in [-0.15, -0.1) is 0 Å². The molecule has 6 rings (SSSR count). The zero-order chi connectivity index (χ0) is 30.7. The lowest BCUT2D eigenvalue weighted by Gasteiger charge is -2.39. The first-order valence-corrected chi connectivity index (χ1v) is 18.7. The number of methoxy groups -OCH3 is 1. The van der Waals surface area contributed by atoms with Gasteiger partial charge in [0.1, 0.15) is 11.4 Å². The van der Waals surface area contributed by atoms with Crippen LogP contribution in [0.4, 0.5) is 0 Å². The average molecular weight is 609 g/mol. The zero-order valence-electron chi connectivity index (χ0n) is 25.6. The predicted molar refractivity (Wildman–Crippen MR) is 177 cm³/mol. The molecule has 0 unspecified atom stereocenters. The van der Waals surface area contributed by atoms with Crippen LogP contribution < -0.4 is 4.74 Å². The van der Waals surface area contributed by atoms with Gasteiger partial charge in [-0.3, -0.25) is 0 Å². The van der Waals surface area contributed by atoms with E-state index < -0.39 is 18.3 Å². The number of aryl methyl sites for hydroxylation is 1. The molecule has 0 spiro atoms. The number of benzene rings is 3. The van der Waals surface area contributed by atoms with Gasteiger partial charge in [0, 0.05) is 22.7 Å². The summed E-state index contributed by atoms with van der Waals surface area (Å²) in [7, 11) is -4.37. The van der Waals surface area contributed by atoms with Gasteiger partial charge in [-0.1, -0.05) is 88.0 Å². The standard InChI is InChI=1S/C34H36N4O3SSi/c1-23-16-18-25(19-17-23)42(39,40)37-22-27(26-13-9-11-15-30(26)37)32-33(41-5)36-28(21-35-32)31-20-24-12-8-10-14-29(24)38(31)43(6,7)34(2,3)4/h8-22H,1-7H3. The Hall–Kier alpha value is -4.21. The third-order valence-corrected chi connectivity index (χ3v) is 15.8. The van der Waals surface area contributed by atoms with Crippen molar-refractivity contribution in [1.82, 2.24) is 18.2 Å². The molecule has 0 saturated heterocycles. The van der Waals surface area contributed by atoms with Crippen molar-refractivity contribution in [2.45, 2.75) is 50.7 Å². The maximum Gasteiger partial charge on any atom is 0.268 e. The van der Waals surface area contributed by atoms with E-state index in [2.05, 4.69) is 68.4 Å². The van der Waals surface area contributed by atoms with Crippen LogP contribution in [0.2, 0.25) is 18.1 Å². The van der Waals surface area contributed by atoms with Gasteiger partial charge in [-0.05, 0) is 47.7 Å². The Bertz CT molecular complexity index is 2100. The fraction of sp³-hybridized carbons (Fsp3) is 0.235. The van der Waals surface area contributed by atoms with Gasteiger partial charge in [0.15, 0.2) is 8.24 Å². The third-order valence-electron chi connectivity index (χ3n) is 8.81. The molecule has 3 aromatic heterocycles. The molecule has 0 amide bonds.